The Balaban J connectivity index is 1.42. The van der Waals surface area contributed by atoms with Gasteiger partial charge in [0.2, 0.25) is 0 Å². The predicted molar refractivity (Wildman–Crippen MR) is 126 cm³/mol. The molecule has 0 aliphatic carbocycles. The van der Waals surface area contributed by atoms with Crippen LogP contribution in [0.25, 0.3) is 11.3 Å². The first-order valence-corrected chi connectivity index (χ1v) is 10.9. The van der Waals surface area contributed by atoms with Crippen LogP contribution in [0.4, 0.5) is 18.9 Å². The molecule has 0 aliphatic heterocycles. The maximum absolute atomic E-state index is 13.0. The van der Waals surface area contributed by atoms with Crippen LogP contribution in [0, 0.1) is 0 Å². The van der Waals surface area contributed by atoms with Gasteiger partial charge in [0, 0.05) is 43.9 Å². The van der Waals surface area contributed by atoms with E-state index in [4.69, 9.17) is 22.1 Å². The van der Waals surface area contributed by atoms with Crippen LogP contribution in [-0.2, 0) is 30.9 Å². The average molecular weight is 501 g/mol. The van der Waals surface area contributed by atoms with E-state index in [0.717, 1.165) is 17.7 Å². The van der Waals surface area contributed by atoms with E-state index in [0.29, 0.717) is 28.4 Å². The lowest BCUT2D eigenvalue weighted by Crippen LogP contribution is -2.10. The largest absolute Gasteiger partial charge is 0.455 e. The first-order valence-electron chi connectivity index (χ1n) is 10.5. The SMILES string of the molecule is Cn1cc(-c2nccc(Oc3ccc(CC(=O)Cc4ccc(Cl)c(C(F)(F)F)c4)cc3)c2N)cn1. The molecule has 0 bridgehead atoms. The number of aromatic nitrogens is 3. The number of ether oxygens (including phenoxy) is 1. The van der Waals surface area contributed by atoms with Crippen LogP contribution in [0.5, 0.6) is 11.5 Å². The number of nitrogen functional groups attached to an aromatic ring is 1. The van der Waals surface area contributed by atoms with Crippen LogP contribution in [0.15, 0.2) is 67.1 Å². The molecule has 2 aromatic heterocycles. The molecule has 0 amide bonds. The van der Waals surface area contributed by atoms with E-state index in [1.807, 2.05) is 0 Å². The number of carbonyl (C=O) groups excluding carboxylic acids is 1. The van der Waals surface area contributed by atoms with Crippen LogP contribution in [-0.4, -0.2) is 20.5 Å². The number of anilines is 1. The third kappa shape index (κ3) is 5.81. The van der Waals surface area contributed by atoms with Crippen molar-refractivity contribution < 1.29 is 22.7 Å². The molecule has 6 nitrogen and oxygen atoms in total. The summed E-state index contributed by atoms with van der Waals surface area (Å²) < 4.78 is 46.7. The van der Waals surface area contributed by atoms with E-state index in [9.17, 15) is 18.0 Å². The van der Waals surface area contributed by atoms with Crippen molar-refractivity contribution in [1.82, 2.24) is 14.8 Å². The summed E-state index contributed by atoms with van der Waals surface area (Å²) in [4.78, 5) is 16.7. The molecule has 180 valence electrons. The van der Waals surface area contributed by atoms with Crippen molar-refractivity contribution in [3.05, 3.63) is 88.8 Å². The molecule has 2 aromatic carbocycles. The molecule has 0 aliphatic rings. The number of hydrogen-bond donors (Lipinski definition) is 1. The standard InChI is InChI=1S/C25H20ClF3N4O2/c1-33-14-17(13-32-33)24-23(30)22(8-9-31-24)35-19-5-2-15(3-6-19)10-18(34)11-16-4-7-21(26)20(12-16)25(27,28)29/h2-9,12-14H,10-11,30H2,1H3. The zero-order valence-electron chi connectivity index (χ0n) is 18.5. The zero-order chi connectivity index (χ0) is 25.2. The maximum atomic E-state index is 13.0. The van der Waals surface area contributed by atoms with Gasteiger partial charge in [0.05, 0.1) is 16.8 Å². The van der Waals surface area contributed by atoms with Crippen LogP contribution in [0.2, 0.25) is 5.02 Å². The van der Waals surface area contributed by atoms with Gasteiger partial charge in [-0.05, 0) is 35.4 Å². The number of rotatable bonds is 7. The number of nitrogens with two attached hydrogens (primary N) is 1. The fourth-order valence-corrected chi connectivity index (χ4v) is 3.76. The number of benzene rings is 2. The molecule has 4 aromatic rings. The van der Waals surface area contributed by atoms with Gasteiger partial charge in [-0.1, -0.05) is 29.8 Å². The molecule has 0 atom stereocenters. The van der Waals surface area contributed by atoms with Gasteiger partial charge >= 0.3 is 6.18 Å². The van der Waals surface area contributed by atoms with Crippen molar-refractivity contribution in [3.8, 4) is 22.8 Å². The molecular weight excluding hydrogens is 481 g/mol. The predicted octanol–water partition coefficient (Wildman–Crippen LogP) is 5.88. The van der Waals surface area contributed by atoms with Crippen LogP contribution in [0.3, 0.4) is 0 Å². The summed E-state index contributed by atoms with van der Waals surface area (Å²) in [7, 11) is 1.79. The molecule has 0 radical (unpaired) electrons. The number of nitrogens with zero attached hydrogens (tertiary/aromatic N) is 3. The van der Waals surface area contributed by atoms with Crippen molar-refractivity contribution in [2.24, 2.45) is 7.05 Å². The second kappa shape index (κ2) is 9.79. The molecule has 0 unspecified atom stereocenters. The molecule has 0 saturated heterocycles. The average Bonchev–Trinajstić information content (AvgIpc) is 3.23. The minimum Gasteiger partial charge on any atom is -0.455 e. The molecule has 0 saturated carbocycles. The molecule has 0 spiro atoms. The highest BCUT2D eigenvalue weighted by molar-refractivity contribution is 6.31. The van der Waals surface area contributed by atoms with E-state index < -0.39 is 16.8 Å². The monoisotopic (exact) mass is 500 g/mol. The Labute approximate surface area is 204 Å². The van der Waals surface area contributed by atoms with Crippen molar-refractivity contribution in [3.63, 3.8) is 0 Å². The van der Waals surface area contributed by atoms with Crippen molar-refractivity contribution in [2.45, 2.75) is 19.0 Å². The Morgan fingerprint density at radius 1 is 1.09 bits per heavy atom. The number of ketones is 1. The van der Waals surface area contributed by atoms with Gasteiger partial charge in [0.25, 0.3) is 0 Å². The zero-order valence-corrected chi connectivity index (χ0v) is 19.3. The normalized spacial score (nSPS) is 11.5. The van der Waals surface area contributed by atoms with E-state index in [2.05, 4.69) is 10.1 Å². The van der Waals surface area contributed by atoms with Gasteiger partial charge in [0.1, 0.15) is 22.9 Å². The number of hydrogen-bond acceptors (Lipinski definition) is 5. The minimum absolute atomic E-state index is 0.0623. The summed E-state index contributed by atoms with van der Waals surface area (Å²) in [6, 6.07) is 12.0. The van der Waals surface area contributed by atoms with Crippen LogP contribution < -0.4 is 10.5 Å². The molecule has 0 fully saturated rings. The lowest BCUT2D eigenvalue weighted by Gasteiger charge is -2.12. The highest BCUT2D eigenvalue weighted by atomic mass is 35.5. The highest BCUT2D eigenvalue weighted by Crippen LogP contribution is 2.36. The summed E-state index contributed by atoms with van der Waals surface area (Å²) >= 11 is 5.64. The van der Waals surface area contributed by atoms with E-state index >= 15 is 0 Å². The third-order valence-corrected chi connectivity index (χ3v) is 5.55. The quantitative estimate of drug-likeness (QED) is 0.342. The Kier molecular flexibility index (Phi) is 6.79. The fourth-order valence-electron chi connectivity index (χ4n) is 3.54. The lowest BCUT2D eigenvalue weighted by molar-refractivity contribution is -0.137. The van der Waals surface area contributed by atoms with Gasteiger partial charge in [-0.25, -0.2) is 0 Å². The molecule has 35 heavy (non-hydrogen) atoms. The minimum atomic E-state index is -4.58. The Bertz CT molecular complexity index is 1370. The second-order valence-corrected chi connectivity index (χ2v) is 8.33. The van der Waals surface area contributed by atoms with Gasteiger partial charge < -0.3 is 10.5 Å². The van der Waals surface area contributed by atoms with E-state index in [1.165, 1.54) is 6.07 Å². The first kappa shape index (κ1) is 24.3. The summed E-state index contributed by atoms with van der Waals surface area (Å²) in [5.41, 5.74) is 7.91. The molecule has 2 heterocycles. The number of carbonyl (C=O) groups is 1. The third-order valence-electron chi connectivity index (χ3n) is 5.22. The smallest absolute Gasteiger partial charge is 0.417 e. The van der Waals surface area contributed by atoms with Gasteiger partial charge in [-0.3, -0.25) is 14.5 Å². The number of aryl methyl sites for hydroxylation is 1. The molecule has 4 rings (SSSR count). The number of alkyl halides is 3. The summed E-state index contributed by atoms with van der Waals surface area (Å²) in [6.45, 7) is 0. The summed E-state index contributed by atoms with van der Waals surface area (Å²) in [6.07, 6.45) is 0.380. The van der Waals surface area contributed by atoms with Crippen LogP contribution in [0.1, 0.15) is 16.7 Å². The maximum Gasteiger partial charge on any atom is 0.417 e. The number of pyridine rings is 1. The first-order chi connectivity index (χ1) is 16.6. The Morgan fingerprint density at radius 3 is 2.43 bits per heavy atom. The molecular formula is C25H20ClF3N4O2. The highest BCUT2D eigenvalue weighted by Gasteiger charge is 2.33. The molecule has 2 N–H and O–H groups in total. The van der Waals surface area contributed by atoms with Crippen LogP contribution >= 0.6 is 11.6 Å². The fraction of sp³-hybridized carbons (Fsp3) is 0.160. The Morgan fingerprint density at radius 2 is 1.77 bits per heavy atom. The second-order valence-electron chi connectivity index (χ2n) is 7.92. The van der Waals surface area contributed by atoms with E-state index in [1.54, 1.807) is 60.7 Å². The molecule has 10 heteroatoms. The van der Waals surface area contributed by atoms with Crippen molar-refractivity contribution >= 4 is 23.1 Å². The Hall–Kier alpha value is -3.85. The lowest BCUT2D eigenvalue weighted by atomic mass is 10.0. The van der Waals surface area contributed by atoms with Gasteiger partial charge in [-0.2, -0.15) is 18.3 Å². The number of halogens is 4. The van der Waals surface area contributed by atoms with Gasteiger partial charge in [0.15, 0.2) is 5.75 Å². The van der Waals surface area contributed by atoms with Gasteiger partial charge in [-0.15, -0.1) is 0 Å². The van der Waals surface area contributed by atoms with E-state index in [-0.39, 0.29) is 24.2 Å². The van der Waals surface area contributed by atoms with Crippen molar-refractivity contribution in [2.75, 3.05) is 5.73 Å². The topological polar surface area (TPSA) is 83.0 Å². The summed E-state index contributed by atoms with van der Waals surface area (Å²) in [5, 5.41) is 3.73. The van der Waals surface area contributed by atoms with Crippen molar-refractivity contribution in [1.29, 1.82) is 0 Å². The number of Topliss-reactive ketones (excluding diaryl/α,β-unsaturated/α-hetero) is 1. The summed E-state index contributed by atoms with van der Waals surface area (Å²) in [5.74, 6) is 0.697.